The van der Waals surface area contributed by atoms with Crippen molar-refractivity contribution in [2.45, 2.75) is 6.92 Å². The molecule has 0 fully saturated rings. The van der Waals surface area contributed by atoms with E-state index in [0.29, 0.717) is 6.54 Å². The molecule has 0 saturated carbocycles. The summed E-state index contributed by atoms with van der Waals surface area (Å²) in [7, 11) is 0. The molecule has 2 aromatic rings. The number of benzene rings is 2. The first-order valence-corrected chi connectivity index (χ1v) is 5.93. The van der Waals surface area contributed by atoms with Gasteiger partial charge in [-0.1, -0.05) is 6.07 Å². The van der Waals surface area contributed by atoms with Gasteiger partial charge in [0.1, 0.15) is 5.75 Å². The molecule has 0 amide bonds. The SMILES string of the molecule is CCN(c1ccc([N+](=O)[O-])cc1)c1cccc(O)c1. The topological polar surface area (TPSA) is 66.6 Å². The number of anilines is 2. The van der Waals surface area contributed by atoms with Crippen molar-refractivity contribution in [3.63, 3.8) is 0 Å². The van der Waals surface area contributed by atoms with Gasteiger partial charge in [0.05, 0.1) is 4.92 Å². The molecule has 0 aliphatic heterocycles. The zero-order chi connectivity index (χ0) is 13.8. The molecule has 0 unspecified atom stereocenters. The summed E-state index contributed by atoms with van der Waals surface area (Å²) in [6.45, 7) is 2.67. The molecule has 0 bridgehead atoms. The molecule has 98 valence electrons. The van der Waals surface area contributed by atoms with E-state index in [0.717, 1.165) is 11.4 Å². The van der Waals surface area contributed by atoms with Crippen LogP contribution in [0.25, 0.3) is 0 Å². The summed E-state index contributed by atoms with van der Waals surface area (Å²) in [4.78, 5) is 12.2. The molecule has 0 aromatic heterocycles. The monoisotopic (exact) mass is 258 g/mol. The average Bonchev–Trinajstić information content (AvgIpc) is 2.40. The Morgan fingerprint density at radius 3 is 2.37 bits per heavy atom. The van der Waals surface area contributed by atoms with Gasteiger partial charge in [-0.25, -0.2) is 0 Å². The number of nitro benzene ring substituents is 1. The summed E-state index contributed by atoms with van der Waals surface area (Å²) in [6.07, 6.45) is 0. The van der Waals surface area contributed by atoms with Crippen molar-refractivity contribution in [2.75, 3.05) is 11.4 Å². The highest BCUT2D eigenvalue weighted by molar-refractivity contribution is 5.65. The van der Waals surface area contributed by atoms with E-state index in [1.54, 1.807) is 30.3 Å². The molecule has 0 radical (unpaired) electrons. The lowest BCUT2D eigenvalue weighted by Gasteiger charge is -2.23. The normalized spacial score (nSPS) is 10.2. The van der Waals surface area contributed by atoms with Gasteiger partial charge in [-0.3, -0.25) is 10.1 Å². The highest BCUT2D eigenvalue weighted by atomic mass is 16.6. The van der Waals surface area contributed by atoms with Crippen LogP contribution in [0.2, 0.25) is 0 Å². The van der Waals surface area contributed by atoms with Crippen molar-refractivity contribution in [3.8, 4) is 5.75 Å². The summed E-state index contributed by atoms with van der Waals surface area (Å²) in [5.74, 6) is 0.192. The molecule has 0 aliphatic rings. The predicted octanol–water partition coefficient (Wildman–Crippen LogP) is 3.46. The van der Waals surface area contributed by atoms with Gasteiger partial charge < -0.3 is 10.0 Å². The van der Waals surface area contributed by atoms with E-state index in [9.17, 15) is 15.2 Å². The van der Waals surface area contributed by atoms with Gasteiger partial charge in [-0.15, -0.1) is 0 Å². The fourth-order valence-electron chi connectivity index (χ4n) is 1.93. The Labute approximate surface area is 110 Å². The van der Waals surface area contributed by atoms with Gasteiger partial charge in [-0.2, -0.15) is 0 Å². The number of rotatable bonds is 4. The van der Waals surface area contributed by atoms with Gasteiger partial charge in [0.2, 0.25) is 0 Å². The third-order valence-corrected chi connectivity index (χ3v) is 2.83. The Morgan fingerprint density at radius 2 is 1.84 bits per heavy atom. The van der Waals surface area contributed by atoms with Gasteiger partial charge in [0.15, 0.2) is 0 Å². The van der Waals surface area contributed by atoms with Gasteiger partial charge >= 0.3 is 0 Å². The van der Waals surface area contributed by atoms with Crippen LogP contribution in [0.5, 0.6) is 5.75 Å². The van der Waals surface area contributed by atoms with Crippen LogP contribution in [0, 0.1) is 10.1 Å². The lowest BCUT2D eigenvalue weighted by atomic mass is 10.2. The Bertz CT molecular complexity index is 581. The molecule has 0 saturated heterocycles. The molecular formula is C14H14N2O3. The summed E-state index contributed by atoms with van der Waals surface area (Å²) >= 11 is 0. The first kappa shape index (κ1) is 12.9. The molecule has 19 heavy (non-hydrogen) atoms. The second kappa shape index (κ2) is 5.39. The zero-order valence-electron chi connectivity index (χ0n) is 10.5. The maximum absolute atomic E-state index is 10.6. The van der Waals surface area contributed by atoms with Crippen molar-refractivity contribution < 1.29 is 10.0 Å². The van der Waals surface area contributed by atoms with Crippen molar-refractivity contribution in [1.82, 2.24) is 0 Å². The molecule has 0 atom stereocenters. The van der Waals surface area contributed by atoms with E-state index in [4.69, 9.17) is 0 Å². The zero-order valence-corrected chi connectivity index (χ0v) is 10.5. The minimum Gasteiger partial charge on any atom is -0.508 e. The molecule has 0 heterocycles. The molecule has 0 aliphatic carbocycles. The number of nitrogens with zero attached hydrogens (tertiary/aromatic N) is 2. The number of aromatic hydroxyl groups is 1. The standard InChI is InChI=1S/C14H14N2O3/c1-2-15(13-4-3-5-14(17)10-13)11-6-8-12(9-7-11)16(18)19/h3-10,17H,2H2,1H3. The highest BCUT2D eigenvalue weighted by Gasteiger charge is 2.10. The van der Waals surface area contributed by atoms with Crippen LogP contribution in [0.1, 0.15) is 6.92 Å². The Kier molecular flexibility index (Phi) is 3.66. The van der Waals surface area contributed by atoms with Crippen molar-refractivity contribution in [2.24, 2.45) is 0 Å². The Hall–Kier alpha value is -2.56. The van der Waals surface area contributed by atoms with Crippen molar-refractivity contribution in [1.29, 1.82) is 0 Å². The van der Waals surface area contributed by atoms with E-state index in [2.05, 4.69) is 0 Å². The minimum atomic E-state index is -0.422. The quantitative estimate of drug-likeness (QED) is 0.673. The lowest BCUT2D eigenvalue weighted by Crippen LogP contribution is -2.15. The minimum absolute atomic E-state index is 0.0655. The molecule has 5 heteroatoms. The summed E-state index contributed by atoms with van der Waals surface area (Å²) in [5, 5.41) is 20.1. The first-order valence-electron chi connectivity index (χ1n) is 5.93. The Morgan fingerprint density at radius 1 is 1.16 bits per heavy atom. The summed E-state index contributed by atoms with van der Waals surface area (Å²) in [6, 6.07) is 13.3. The van der Waals surface area contributed by atoms with E-state index in [-0.39, 0.29) is 11.4 Å². The van der Waals surface area contributed by atoms with Crippen LogP contribution in [-0.4, -0.2) is 16.6 Å². The molecule has 2 rings (SSSR count). The summed E-state index contributed by atoms with van der Waals surface area (Å²) < 4.78 is 0. The summed E-state index contributed by atoms with van der Waals surface area (Å²) in [5.41, 5.74) is 1.76. The number of phenols is 1. The molecule has 2 aromatic carbocycles. The molecule has 5 nitrogen and oxygen atoms in total. The number of phenolic OH excluding ortho intramolecular Hbond substituents is 1. The molecular weight excluding hydrogens is 244 g/mol. The Balaban J connectivity index is 2.34. The smallest absolute Gasteiger partial charge is 0.269 e. The second-order valence-electron chi connectivity index (χ2n) is 4.04. The molecule has 0 spiro atoms. The van der Waals surface area contributed by atoms with Crippen LogP contribution >= 0.6 is 0 Å². The number of nitro groups is 1. The van der Waals surface area contributed by atoms with Gasteiger partial charge in [0.25, 0.3) is 5.69 Å². The van der Waals surface area contributed by atoms with Crippen LogP contribution in [-0.2, 0) is 0 Å². The number of hydrogen-bond acceptors (Lipinski definition) is 4. The number of hydrogen-bond donors (Lipinski definition) is 1. The fraction of sp³-hybridized carbons (Fsp3) is 0.143. The van der Waals surface area contributed by atoms with Gasteiger partial charge in [0, 0.05) is 36.1 Å². The first-order chi connectivity index (χ1) is 9.11. The largest absolute Gasteiger partial charge is 0.508 e. The predicted molar refractivity (Wildman–Crippen MR) is 73.9 cm³/mol. The van der Waals surface area contributed by atoms with E-state index in [1.165, 1.54) is 12.1 Å². The second-order valence-corrected chi connectivity index (χ2v) is 4.04. The van der Waals surface area contributed by atoms with Crippen LogP contribution < -0.4 is 4.90 Å². The van der Waals surface area contributed by atoms with E-state index in [1.807, 2.05) is 17.9 Å². The van der Waals surface area contributed by atoms with E-state index < -0.39 is 4.92 Å². The van der Waals surface area contributed by atoms with Crippen LogP contribution in [0.15, 0.2) is 48.5 Å². The lowest BCUT2D eigenvalue weighted by molar-refractivity contribution is -0.384. The maximum Gasteiger partial charge on any atom is 0.269 e. The molecule has 1 N–H and O–H groups in total. The van der Waals surface area contributed by atoms with Crippen LogP contribution in [0.4, 0.5) is 17.1 Å². The maximum atomic E-state index is 10.6. The van der Waals surface area contributed by atoms with Crippen LogP contribution in [0.3, 0.4) is 0 Å². The third-order valence-electron chi connectivity index (χ3n) is 2.83. The average molecular weight is 258 g/mol. The fourth-order valence-corrected chi connectivity index (χ4v) is 1.93. The highest BCUT2D eigenvalue weighted by Crippen LogP contribution is 2.28. The van der Waals surface area contributed by atoms with Crippen molar-refractivity contribution in [3.05, 3.63) is 58.6 Å². The van der Waals surface area contributed by atoms with Gasteiger partial charge in [-0.05, 0) is 31.2 Å². The number of non-ortho nitro benzene ring substituents is 1. The van der Waals surface area contributed by atoms with Crippen molar-refractivity contribution >= 4 is 17.1 Å². The van der Waals surface area contributed by atoms with E-state index >= 15 is 0 Å². The third kappa shape index (κ3) is 2.82.